The highest BCUT2D eigenvalue weighted by molar-refractivity contribution is 7.54. The molecule has 0 saturated carbocycles. The van der Waals surface area contributed by atoms with E-state index in [1.54, 1.807) is 0 Å². The van der Waals surface area contributed by atoms with E-state index in [-0.39, 0.29) is 6.10 Å². The molecule has 180 valence electrons. The number of likely N-dealkylation sites (tertiary alicyclic amines) is 1. The van der Waals surface area contributed by atoms with Gasteiger partial charge in [0, 0.05) is 12.8 Å². The van der Waals surface area contributed by atoms with Gasteiger partial charge in [0.2, 0.25) is 0 Å². The maximum Gasteiger partial charge on any atom is 0.570 e. The molecule has 0 aromatic carbocycles. The summed E-state index contributed by atoms with van der Waals surface area (Å²) in [6.45, 7) is 4.66. The van der Waals surface area contributed by atoms with E-state index in [1.807, 2.05) is 0 Å². The topological polar surface area (TPSA) is 58.9 Å². The van der Waals surface area contributed by atoms with Crippen molar-refractivity contribution < 1.29 is 23.3 Å². The van der Waals surface area contributed by atoms with Crippen LogP contribution < -0.4 is 0 Å². The lowest BCUT2D eigenvalue weighted by molar-refractivity contribution is -0.896. The molecule has 0 amide bonds. The van der Waals surface area contributed by atoms with Crippen LogP contribution in [0, 0.1) is 0 Å². The standard InChI is InChI=1S/C24H52NO4P/c1-4-5-6-7-8-9-10-11-12-13-14-15-16-17-18-23-28-30(26,27)29-24-19-21-25(2,3)22-20-24/h24,26-27H,4-23H2,1-3H3/q+2. The first kappa shape index (κ1) is 28.3. The van der Waals surface area contributed by atoms with Gasteiger partial charge in [0.25, 0.3) is 0 Å². The number of hydrogen-bond donors (Lipinski definition) is 2. The minimum atomic E-state index is -3.65. The molecule has 1 aliphatic heterocycles. The molecule has 0 unspecified atom stereocenters. The molecule has 5 nitrogen and oxygen atoms in total. The molecule has 0 aliphatic carbocycles. The predicted octanol–water partition coefficient (Wildman–Crippen LogP) is 6.79. The van der Waals surface area contributed by atoms with Crippen molar-refractivity contribution in [3.8, 4) is 0 Å². The summed E-state index contributed by atoms with van der Waals surface area (Å²) in [6.07, 6.45) is 21.4. The largest absolute Gasteiger partial charge is 0.570 e. The van der Waals surface area contributed by atoms with Gasteiger partial charge >= 0.3 is 8.17 Å². The Morgan fingerprint density at radius 1 is 0.700 bits per heavy atom. The van der Waals surface area contributed by atoms with E-state index in [0.29, 0.717) is 6.61 Å². The smallest absolute Gasteiger partial charge is 0.328 e. The van der Waals surface area contributed by atoms with E-state index in [0.717, 1.165) is 43.3 Å². The highest BCUT2D eigenvalue weighted by Crippen LogP contribution is 2.54. The van der Waals surface area contributed by atoms with Gasteiger partial charge in [0.05, 0.1) is 27.2 Å². The zero-order chi connectivity index (χ0) is 22.1. The molecule has 0 spiro atoms. The molecular weight excluding hydrogens is 397 g/mol. The van der Waals surface area contributed by atoms with E-state index < -0.39 is 8.17 Å². The number of piperidine rings is 1. The monoisotopic (exact) mass is 449 g/mol. The van der Waals surface area contributed by atoms with Crippen LogP contribution in [0.4, 0.5) is 0 Å². The lowest BCUT2D eigenvalue weighted by Gasteiger charge is -2.36. The molecule has 30 heavy (non-hydrogen) atoms. The SMILES string of the molecule is CCCCCCCCCCCCCCCCCO[P+](O)(O)OC1CC[N+](C)(C)CC1. The third-order valence-corrected chi connectivity index (χ3v) is 7.50. The van der Waals surface area contributed by atoms with E-state index in [1.165, 1.54) is 83.5 Å². The number of unbranched alkanes of at least 4 members (excludes halogenated alkanes) is 14. The third-order valence-electron chi connectivity index (χ3n) is 6.41. The van der Waals surface area contributed by atoms with Gasteiger partial charge < -0.3 is 4.48 Å². The summed E-state index contributed by atoms with van der Waals surface area (Å²) in [5.41, 5.74) is 0. The zero-order valence-corrected chi connectivity index (χ0v) is 21.2. The Morgan fingerprint density at radius 3 is 1.53 bits per heavy atom. The van der Waals surface area contributed by atoms with Gasteiger partial charge in [0.1, 0.15) is 12.7 Å². The fourth-order valence-corrected chi connectivity index (χ4v) is 5.26. The van der Waals surface area contributed by atoms with Crippen LogP contribution in [0.2, 0.25) is 0 Å². The van der Waals surface area contributed by atoms with Gasteiger partial charge in [-0.2, -0.15) is 14.3 Å². The van der Waals surface area contributed by atoms with Crippen LogP contribution >= 0.6 is 8.17 Å². The maximum atomic E-state index is 10.0. The second kappa shape index (κ2) is 16.8. The lowest BCUT2D eigenvalue weighted by atomic mass is 10.0. The molecule has 0 bridgehead atoms. The molecule has 6 heteroatoms. The quantitative estimate of drug-likeness (QED) is 0.129. The minimum Gasteiger partial charge on any atom is -0.328 e. The Morgan fingerprint density at radius 2 is 1.10 bits per heavy atom. The Balaban J connectivity index is 1.84. The molecule has 0 aromatic heterocycles. The lowest BCUT2D eigenvalue weighted by Crippen LogP contribution is -2.47. The van der Waals surface area contributed by atoms with Crippen molar-refractivity contribution in [1.82, 2.24) is 0 Å². The van der Waals surface area contributed by atoms with Crippen molar-refractivity contribution in [3.63, 3.8) is 0 Å². The molecule has 1 fully saturated rings. The number of rotatable bonds is 19. The van der Waals surface area contributed by atoms with Crippen LogP contribution in [0.15, 0.2) is 0 Å². The van der Waals surface area contributed by atoms with Gasteiger partial charge in [-0.15, -0.1) is 4.52 Å². The average molecular weight is 450 g/mol. The zero-order valence-electron chi connectivity index (χ0n) is 20.3. The Labute approximate surface area is 187 Å². The molecule has 0 aromatic rings. The highest BCUT2D eigenvalue weighted by Gasteiger charge is 2.44. The van der Waals surface area contributed by atoms with E-state index >= 15 is 0 Å². The Bertz CT molecular complexity index is 397. The van der Waals surface area contributed by atoms with Crippen molar-refractivity contribution in [2.75, 3.05) is 33.8 Å². The average Bonchev–Trinajstić information content (AvgIpc) is 2.69. The van der Waals surface area contributed by atoms with Crippen LogP contribution in [0.25, 0.3) is 0 Å². The molecule has 0 atom stereocenters. The van der Waals surface area contributed by atoms with Crippen LogP contribution in [0.5, 0.6) is 0 Å². The van der Waals surface area contributed by atoms with Gasteiger partial charge in [-0.05, 0) is 6.42 Å². The summed E-state index contributed by atoms with van der Waals surface area (Å²) in [5, 5.41) is 0. The van der Waals surface area contributed by atoms with Crippen molar-refractivity contribution in [2.45, 2.75) is 122 Å². The first-order valence-corrected chi connectivity index (χ1v) is 14.4. The molecule has 1 heterocycles. The van der Waals surface area contributed by atoms with Crippen LogP contribution in [0.1, 0.15) is 116 Å². The van der Waals surface area contributed by atoms with Crippen molar-refractivity contribution in [3.05, 3.63) is 0 Å². The summed E-state index contributed by atoms with van der Waals surface area (Å²) in [7, 11) is 0.748. The normalized spacial score (nSPS) is 17.5. The van der Waals surface area contributed by atoms with Gasteiger partial charge in [-0.3, -0.25) is 0 Å². The van der Waals surface area contributed by atoms with Crippen LogP contribution in [0.3, 0.4) is 0 Å². The molecule has 1 saturated heterocycles. The van der Waals surface area contributed by atoms with Crippen LogP contribution in [-0.4, -0.2) is 54.2 Å². The van der Waals surface area contributed by atoms with E-state index in [9.17, 15) is 9.79 Å². The maximum absolute atomic E-state index is 10.0. The predicted molar refractivity (Wildman–Crippen MR) is 128 cm³/mol. The Kier molecular flexibility index (Phi) is 15.8. The molecule has 1 aliphatic rings. The summed E-state index contributed by atoms with van der Waals surface area (Å²) < 4.78 is 11.8. The van der Waals surface area contributed by atoms with Crippen molar-refractivity contribution in [2.24, 2.45) is 0 Å². The summed E-state index contributed by atoms with van der Waals surface area (Å²) in [4.78, 5) is 20.1. The number of quaternary nitrogens is 1. The first-order chi connectivity index (χ1) is 14.3. The van der Waals surface area contributed by atoms with E-state index in [4.69, 9.17) is 9.05 Å². The summed E-state index contributed by atoms with van der Waals surface area (Å²) in [6, 6.07) is 0. The minimum absolute atomic E-state index is 0.0828. The first-order valence-electron chi connectivity index (χ1n) is 12.8. The van der Waals surface area contributed by atoms with Crippen molar-refractivity contribution in [1.29, 1.82) is 0 Å². The van der Waals surface area contributed by atoms with E-state index in [2.05, 4.69) is 21.0 Å². The second-order valence-corrected chi connectivity index (χ2v) is 11.4. The van der Waals surface area contributed by atoms with Gasteiger partial charge in [-0.1, -0.05) is 96.8 Å². The van der Waals surface area contributed by atoms with Crippen LogP contribution in [-0.2, 0) is 9.05 Å². The molecule has 1 rings (SSSR count). The third kappa shape index (κ3) is 15.9. The van der Waals surface area contributed by atoms with Gasteiger partial charge in [0.15, 0.2) is 0 Å². The summed E-state index contributed by atoms with van der Waals surface area (Å²) >= 11 is 0. The Hall–Kier alpha value is 0.230. The molecule has 2 N–H and O–H groups in total. The highest BCUT2D eigenvalue weighted by atomic mass is 31.2. The molecule has 0 radical (unpaired) electrons. The number of nitrogens with zero attached hydrogens (tertiary/aromatic N) is 1. The van der Waals surface area contributed by atoms with Gasteiger partial charge in [-0.25, -0.2) is 0 Å². The summed E-state index contributed by atoms with van der Waals surface area (Å²) in [5.74, 6) is 0. The van der Waals surface area contributed by atoms with Crippen molar-refractivity contribution >= 4 is 8.17 Å². The molecular formula is C24H52NO4P+2. The fourth-order valence-electron chi connectivity index (χ4n) is 4.23. The fraction of sp³-hybridized carbons (Fsp3) is 1.00. The second-order valence-electron chi connectivity index (χ2n) is 9.96. The number of hydrogen-bond acceptors (Lipinski definition) is 4.